The van der Waals surface area contributed by atoms with E-state index >= 15 is 0 Å². The summed E-state index contributed by atoms with van der Waals surface area (Å²) < 4.78 is 19.3. The molecule has 1 atom stereocenters. The topological polar surface area (TPSA) is 74.0 Å². The van der Waals surface area contributed by atoms with Gasteiger partial charge in [0.1, 0.15) is 5.75 Å². The molecular formula is C30H54N2O4Si2. The van der Waals surface area contributed by atoms with Gasteiger partial charge in [-0.2, -0.15) is 0 Å². The van der Waals surface area contributed by atoms with E-state index in [4.69, 9.17) is 19.3 Å². The molecule has 0 bridgehead atoms. The van der Waals surface area contributed by atoms with Crippen LogP contribution in [0.1, 0.15) is 91.9 Å². The summed E-state index contributed by atoms with van der Waals surface area (Å²) in [6.45, 7) is 26.2. The van der Waals surface area contributed by atoms with Crippen LogP contribution in [0.2, 0.25) is 34.8 Å². The largest absolute Gasteiger partial charge is 0.540 e. The summed E-state index contributed by atoms with van der Waals surface area (Å²) in [5, 5.41) is 0.131. The number of benzene rings is 1. The highest BCUT2D eigenvalue weighted by Gasteiger charge is 2.54. The van der Waals surface area contributed by atoms with Crippen LogP contribution in [0.3, 0.4) is 0 Å². The fourth-order valence-corrected chi connectivity index (χ4v) is 12.6. The first-order valence-corrected chi connectivity index (χ1v) is 19.6. The Labute approximate surface area is 234 Å². The van der Waals surface area contributed by atoms with E-state index < -0.39 is 16.6 Å². The summed E-state index contributed by atoms with van der Waals surface area (Å²) in [5.41, 5.74) is 9.04. The molecule has 0 radical (unpaired) electrons. The summed E-state index contributed by atoms with van der Waals surface area (Å²) in [4.78, 5) is 16.0. The van der Waals surface area contributed by atoms with Crippen LogP contribution < -0.4 is 14.9 Å². The number of ether oxygens (including phenoxy) is 1. The van der Waals surface area contributed by atoms with Gasteiger partial charge in [-0.05, 0) is 65.5 Å². The van der Waals surface area contributed by atoms with Gasteiger partial charge in [0.2, 0.25) is 0 Å². The van der Waals surface area contributed by atoms with Crippen LogP contribution in [0.25, 0.3) is 0 Å². The third-order valence-corrected chi connectivity index (χ3v) is 20.3. The van der Waals surface area contributed by atoms with Gasteiger partial charge in [0.15, 0.2) is 14.1 Å². The Bertz CT molecular complexity index is 990. The number of nitrogen functional groups attached to an aromatic ring is 1. The highest BCUT2D eigenvalue weighted by atomic mass is 28.4. The second-order valence-electron chi connectivity index (χ2n) is 14.4. The summed E-state index contributed by atoms with van der Waals surface area (Å²) in [5.74, 6) is 1.21. The average Bonchev–Trinajstić information content (AvgIpc) is 3.45. The van der Waals surface area contributed by atoms with Crippen molar-refractivity contribution in [2.45, 2.75) is 122 Å². The lowest BCUT2D eigenvalue weighted by Crippen LogP contribution is -2.50. The van der Waals surface area contributed by atoms with Crippen LogP contribution in [0.4, 0.5) is 5.69 Å². The molecule has 1 aromatic rings. The van der Waals surface area contributed by atoms with Gasteiger partial charge in [0, 0.05) is 18.3 Å². The Morgan fingerprint density at radius 1 is 1.05 bits per heavy atom. The molecular weight excluding hydrogens is 509 g/mol. The molecule has 1 spiro atoms. The van der Waals surface area contributed by atoms with Gasteiger partial charge in [-0.25, -0.2) is 0 Å². The maximum absolute atomic E-state index is 14.0. The third-order valence-electron chi connectivity index (χ3n) is 9.84. The maximum atomic E-state index is 14.0. The van der Waals surface area contributed by atoms with E-state index in [1.807, 2.05) is 11.0 Å². The number of amides is 1. The van der Waals surface area contributed by atoms with Crippen molar-refractivity contribution >= 4 is 28.2 Å². The first-order valence-electron chi connectivity index (χ1n) is 14.5. The van der Waals surface area contributed by atoms with Gasteiger partial charge >= 0.3 is 0 Å². The number of nitrogens with zero attached hydrogens (tertiary/aromatic N) is 1. The van der Waals surface area contributed by atoms with Gasteiger partial charge in [-0.3, -0.25) is 4.79 Å². The summed E-state index contributed by atoms with van der Waals surface area (Å²) in [7, 11) is -2.50. The van der Waals surface area contributed by atoms with Crippen LogP contribution in [0, 0.1) is 5.41 Å². The van der Waals surface area contributed by atoms with E-state index in [0.29, 0.717) is 46.0 Å². The summed E-state index contributed by atoms with van der Waals surface area (Å²) in [6, 6.07) is 3.70. The number of methoxy groups -OCH3 is 1. The second-order valence-corrected chi connectivity index (χ2v) is 24.6. The van der Waals surface area contributed by atoms with Crippen molar-refractivity contribution < 1.29 is 18.4 Å². The van der Waals surface area contributed by atoms with E-state index in [1.165, 1.54) is 12.8 Å². The van der Waals surface area contributed by atoms with E-state index in [2.05, 4.69) is 75.4 Å². The SMILES string of the molecule is COc1cc(C(=O)N2CC3(CC3)C[C@H]2CO[Si](C)(C)C(C)(C)C)c(N)cc1O[Si](C(C)C)(C(C)C)C(C)C. The number of carbonyl (C=O) groups is 1. The van der Waals surface area contributed by atoms with Crippen LogP contribution in [-0.2, 0) is 4.43 Å². The number of rotatable bonds is 10. The average molecular weight is 563 g/mol. The molecule has 1 aliphatic carbocycles. The predicted octanol–water partition coefficient (Wildman–Crippen LogP) is 7.85. The molecule has 2 N–H and O–H groups in total. The Kier molecular flexibility index (Phi) is 8.82. The maximum Gasteiger partial charge on any atom is 0.258 e. The summed E-state index contributed by atoms with van der Waals surface area (Å²) in [6.07, 6.45) is 3.38. The molecule has 1 saturated carbocycles. The number of nitrogens with two attached hydrogens (primary N) is 1. The molecule has 0 aromatic heterocycles. The molecule has 38 heavy (non-hydrogen) atoms. The molecule has 1 heterocycles. The fourth-order valence-electron chi connectivity index (χ4n) is 6.31. The minimum atomic E-state index is -2.22. The van der Waals surface area contributed by atoms with E-state index in [-0.39, 0.29) is 22.4 Å². The standard InChI is InChI=1S/C30H54N2O4Si2/c1-20(2)38(21(3)4,22(5)6)36-27-16-25(31)24(15-26(27)34-10)28(33)32-19-30(13-14-30)17-23(32)18-35-37(11,12)29(7,8)9/h15-16,20-23H,13-14,17-19,31H2,1-12H3/t23-/m0/s1. The lowest BCUT2D eigenvalue weighted by molar-refractivity contribution is 0.0680. The zero-order valence-electron chi connectivity index (χ0n) is 26.2. The van der Waals surface area contributed by atoms with Crippen molar-refractivity contribution in [3.63, 3.8) is 0 Å². The minimum absolute atomic E-state index is 0.0277. The fraction of sp³-hybridized carbons (Fsp3) is 0.767. The molecule has 3 rings (SSSR count). The van der Waals surface area contributed by atoms with Crippen LogP contribution in [0.15, 0.2) is 12.1 Å². The smallest absolute Gasteiger partial charge is 0.258 e. The highest BCUT2D eigenvalue weighted by Crippen LogP contribution is 2.55. The Morgan fingerprint density at radius 2 is 1.61 bits per heavy atom. The van der Waals surface area contributed by atoms with Crippen molar-refractivity contribution in [1.82, 2.24) is 4.90 Å². The third kappa shape index (κ3) is 5.82. The predicted molar refractivity (Wildman–Crippen MR) is 163 cm³/mol. The zero-order chi connectivity index (χ0) is 28.8. The van der Waals surface area contributed by atoms with Crippen molar-refractivity contribution in [3.8, 4) is 11.5 Å². The van der Waals surface area contributed by atoms with Crippen LogP contribution >= 0.6 is 0 Å². The zero-order valence-corrected chi connectivity index (χ0v) is 28.2. The van der Waals surface area contributed by atoms with Gasteiger partial charge in [-0.1, -0.05) is 62.3 Å². The number of hydrogen-bond acceptors (Lipinski definition) is 5. The van der Waals surface area contributed by atoms with E-state index in [0.717, 1.165) is 13.0 Å². The first kappa shape index (κ1) is 31.0. The number of hydrogen-bond donors (Lipinski definition) is 1. The second kappa shape index (κ2) is 10.8. The summed E-state index contributed by atoms with van der Waals surface area (Å²) >= 11 is 0. The van der Waals surface area contributed by atoms with E-state index in [1.54, 1.807) is 13.2 Å². The quantitative estimate of drug-likeness (QED) is 0.232. The number of likely N-dealkylation sites (tertiary alicyclic amines) is 1. The Balaban J connectivity index is 1.91. The first-order chi connectivity index (χ1) is 17.4. The Hall–Kier alpha value is -1.52. The van der Waals surface area contributed by atoms with Gasteiger partial charge in [0.05, 0.1) is 25.3 Å². The number of carbonyl (C=O) groups excluding carboxylic acids is 1. The van der Waals surface area contributed by atoms with Gasteiger partial charge in [-0.15, -0.1) is 0 Å². The van der Waals surface area contributed by atoms with Crippen LogP contribution in [0.5, 0.6) is 11.5 Å². The molecule has 216 valence electrons. The van der Waals surface area contributed by atoms with Crippen molar-refractivity contribution in [3.05, 3.63) is 17.7 Å². The lowest BCUT2D eigenvalue weighted by Gasteiger charge is -2.42. The van der Waals surface area contributed by atoms with Crippen molar-refractivity contribution in [2.75, 3.05) is 26.0 Å². The normalized spacial score (nSPS) is 19.7. The molecule has 2 aliphatic rings. The molecule has 0 unspecified atom stereocenters. The molecule has 1 saturated heterocycles. The Morgan fingerprint density at radius 3 is 2.05 bits per heavy atom. The molecule has 1 aromatic carbocycles. The van der Waals surface area contributed by atoms with Crippen LogP contribution in [-0.4, -0.2) is 53.7 Å². The lowest BCUT2D eigenvalue weighted by atomic mass is 10.0. The number of anilines is 1. The molecule has 1 amide bonds. The molecule has 8 heteroatoms. The molecule has 2 fully saturated rings. The van der Waals surface area contributed by atoms with Gasteiger partial charge in [0.25, 0.3) is 14.2 Å². The minimum Gasteiger partial charge on any atom is -0.540 e. The van der Waals surface area contributed by atoms with E-state index in [9.17, 15) is 4.79 Å². The highest BCUT2D eigenvalue weighted by molar-refractivity contribution is 6.78. The van der Waals surface area contributed by atoms with Gasteiger partial charge < -0.3 is 24.2 Å². The van der Waals surface area contributed by atoms with Crippen molar-refractivity contribution in [1.29, 1.82) is 0 Å². The molecule has 1 aliphatic heterocycles. The monoisotopic (exact) mass is 562 g/mol. The van der Waals surface area contributed by atoms with Crippen molar-refractivity contribution in [2.24, 2.45) is 5.41 Å². The molecule has 6 nitrogen and oxygen atoms in total.